The van der Waals surface area contributed by atoms with Crippen molar-refractivity contribution in [2.45, 2.75) is 70.7 Å². The summed E-state index contributed by atoms with van der Waals surface area (Å²) in [6.45, 7) is 12.1. The van der Waals surface area contributed by atoms with Crippen LogP contribution in [0.5, 0.6) is 5.75 Å². The quantitative estimate of drug-likeness (QED) is 0.106. The van der Waals surface area contributed by atoms with Crippen LogP contribution in [0.15, 0.2) is 42.5 Å². The Bertz CT molecular complexity index is 1430. The molecule has 55 heavy (non-hydrogen) atoms. The molecule has 2 aromatic carbocycles. The molecule has 1 saturated heterocycles. The number of carbonyl (C=O) groups excluding carboxylic acids is 2. The maximum absolute atomic E-state index is 13.2. The molecule has 0 saturated carbocycles. The number of nitrogens with one attached hydrogen (secondary N) is 2. The van der Waals surface area contributed by atoms with Gasteiger partial charge in [-0.2, -0.15) is 0 Å². The van der Waals surface area contributed by atoms with Gasteiger partial charge in [0.25, 0.3) is 0 Å². The third-order valence-corrected chi connectivity index (χ3v) is 9.76. The highest BCUT2D eigenvalue weighted by atomic mass is 16.6. The molecule has 2 heterocycles. The zero-order chi connectivity index (χ0) is 39.6. The standard InChI is InChI=1S/C41H64N4O10/c1-28(2)40(44-38(46)19-42)41(47)55-33(26-50-6)27-54-37-21-43-20-36(39(37)32-11-8-30(9-12-32)24-51-23-29(3)22-49-5)53-25-31-10-13-35-34(18-31)45(15-17-52-35)14-7-16-48-4/h8-13,18,28-29,33,36-37,39-40,43H,7,14-17,19-27,42H2,1-6H3,(H,44,46)/t29-,33+,36-,37+,39+,40-/m0/s1. The van der Waals surface area contributed by atoms with E-state index in [1.165, 1.54) is 0 Å². The first kappa shape index (κ1) is 44.4. The number of benzene rings is 2. The summed E-state index contributed by atoms with van der Waals surface area (Å²) in [5.74, 6) is -0.166. The van der Waals surface area contributed by atoms with Gasteiger partial charge in [-0.3, -0.25) is 4.79 Å². The van der Waals surface area contributed by atoms with Gasteiger partial charge in [0, 0.05) is 59.4 Å². The summed E-state index contributed by atoms with van der Waals surface area (Å²) in [7, 11) is 4.97. The van der Waals surface area contributed by atoms with E-state index in [0.717, 1.165) is 47.6 Å². The number of nitrogens with zero attached hydrogens (tertiary/aromatic N) is 1. The Labute approximate surface area is 326 Å². The monoisotopic (exact) mass is 772 g/mol. The molecular formula is C41H64N4O10. The molecule has 14 nitrogen and oxygen atoms in total. The molecule has 0 aliphatic carbocycles. The van der Waals surface area contributed by atoms with Crippen LogP contribution >= 0.6 is 0 Å². The summed E-state index contributed by atoms with van der Waals surface area (Å²) >= 11 is 0. The van der Waals surface area contributed by atoms with Crippen LogP contribution in [0.1, 0.15) is 49.8 Å². The maximum Gasteiger partial charge on any atom is 0.329 e. The van der Waals surface area contributed by atoms with E-state index in [2.05, 4.69) is 58.9 Å². The van der Waals surface area contributed by atoms with E-state index in [0.29, 0.717) is 58.6 Å². The highest BCUT2D eigenvalue weighted by Crippen LogP contribution is 2.35. The van der Waals surface area contributed by atoms with Gasteiger partial charge in [-0.15, -0.1) is 0 Å². The van der Waals surface area contributed by atoms with Gasteiger partial charge in [0.15, 0.2) is 0 Å². The van der Waals surface area contributed by atoms with E-state index in [1.54, 1.807) is 21.3 Å². The number of hydrogen-bond acceptors (Lipinski definition) is 13. The second kappa shape index (κ2) is 23.7. The number of nitrogens with two attached hydrogens (primary N) is 1. The molecule has 2 aliphatic rings. The van der Waals surface area contributed by atoms with Crippen LogP contribution in [0.3, 0.4) is 0 Å². The molecule has 1 fully saturated rings. The van der Waals surface area contributed by atoms with Crippen molar-refractivity contribution in [1.29, 1.82) is 0 Å². The van der Waals surface area contributed by atoms with Crippen LogP contribution in [0.25, 0.3) is 0 Å². The number of methoxy groups -OCH3 is 3. The Morgan fingerprint density at radius 3 is 2.33 bits per heavy atom. The summed E-state index contributed by atoms with van der Waals surface area (Å²) in [4.78, 5) is 27.6. The van der Waals surface area contributed by atoms with Crippen molar-refractivity contribution in [3.63, 3.8) is 0 Å². The van der Waals surface area contributed by atoms with Crippen molar-refractivity contribution < 1.29 is 47.5 Å². The second-order valence-corrected chi connectivity index (χ2v) is 14.7. The van der Waals surface area contributed by atoms with E-state index >= 15 is 0 Å². The topological polar surface area (TPSA) is 161 Å². The predicted octanol–water partition coefficient (Wildman–Crippen LogP) is 3.04. The van der Waals surface area contributed by atoms with Crippen LogP contribution in [0.4, 0.5) is 5.69 Å². The van der Waals surface area contributed by atoms with Gasteiger partial charge in [-0.25, -0.2) is 4.79 Å². The van der Waals surface area contributed by atoms with Crippen molar-refractivity contribution in [2.75, 3.05) is 98.6 Å². The maximum atomic E-state index is 13.2. The van der Waals surface area contributed by atoms with Gasteiger partial charge in [0.1, 0.15) is 24.5 Å². The third kappa shape index (κ3) is 14.0. The number of amides is 1. The van der Waals surface area contributed by atoms with Gasteiger partial charge in [-0.05, 0) is 41.2 Å². The highest BCUT2D eigenvalue weighted by molar-refractivity contribution is 5.85. The third-order valence-electron chi connectivity index (χ3n) is 9.76. The van der Waals surface area contributed by atoms with E-state index in [4.69, 9.17) is 43.6 Å². The fourth-order valence-corrected chi connectivity index (χ4v) is 6.91. The summed E-state index contributed by atoms with van der Waals surface area (Å²) in [5.41, 5.74) is 9.74. The lowest BCUT2D eigenvalue weighted by atomic mass is 9.85. The Morgan fingerprint density at radius 2 is 1.64 bits per heavy atom. The van der Waals surface area contributed by atoms with Crippen molar-refractivity contribution in [2.24, 2.45) is 17.6 Å². The van der Waals surface area contributed by atoms with Gasteiger partial charge < -0.3 is 59.2 Å². The fraction of sp³-hybridized carbons (Fsp3) is 0.659. The molecule has 0 unspecified atom stereocenters. The van der Waals surface area contributed by atoms with Crippen LogP contribution in [0.2, 0.25) is 0 Å². The smallest absolute Gasteiger partial charge is 0.329 e. The first-order chi connectivity index (χ1) is 26.7. The largest absolute Gasteiger partial charge is 0.490 e. The SMILES string of the molecule is COCCCN1CCOc2ccc(CO[C@H]3CNC[C@@H](OC[C@@H](COC)OC(=O)[C@@H](NC(=O)CN)C(C)C)[C@@H]3c3ccc(COC[C@@H](C)COC)cc3)cc21. The number of anilines is 1. The average Bonchev–Trinajstić information content (AvgIpc) is 3.18. The molecule has 0 aromatic heterocycles. The van der Waals surface area contributed by atoms with Crippen LogP contribution in [-0.2, 0) is 56.0 Å². The van der Waals surface area contributed by atoms with E-state index in [9.17, 15) is 9.59 Å². The van der Waals surface area contributed by atoms with Crippen LogP contribution in [-0.4, -0.2) is 130 Å². The first-order valence-electron chi connectivity index (χ1n) is 19.4. The van der Waals surface area contributed by atoms with Gasteiger partial charge in [0.05, 0.1) is 70.6 Å². The summed E-state index contributed by atoms with van der Waals surface area (Å²) in [6.07, 6.45) is -0.334. The Hall–Kier alpha value is -3.34. The Morgan fingerprint density at radius 1 is 0.909 bits per heavy atom. The fourth-order valence-electron chi connectivity index (χ4n) is 6.91. The molecule has 4 rings (SSSR count). The summed E-state index contributed by atoms with van der Waals surface area (Å²) in [6, 6.07) is 13.8. The normalized spacial score (nSPS) is 20.0. The zero-order valence-electron chi connectivity index (χ0n) is 33.6. The minimum absolute atomic E-state index is 0.0834. The molecule has 2 aliphatic heterocycles. The van der Waals surface area contributed by atoms with E-state index in [1.807, 2.05) is 19.9 Å². The molecule has 14 heteroatoms. The molecule has 308 valence electrons. The molecule has 0 bridgehead atoms. The molecule has 2 aromatic rings. The Kier molecular flexibility index (Phi) is 19.1. The van der Waals surface area contributed by atoms with Crippen LogP contribution in [0, 0.1) is 11.8 Å². The summed E-state index contributed by atoms with van der Waals surface area (Å²) in [5, 5.41) is 6.17. The minimum Gasteiger partial charge on any atom is -0.490 e. The summed E-state index contributed by atoms with van der Waals surface area (Å²) < 4.78 is 47.1. The number of fused-ring (bicyclic) bond motifs is 1. The van der Waals surface area contributed by atoms with E-state index < -0.39 is 24.0 Å². The highest BCUT2D eigenvalue weighted by Gasteiger charge is 2.37. The first-order valence-corrected chi connectivity index (χ1v) is 19.4. The molecule has 0 spiro atoms. The van der Waals surface area contributed by atoms with Crippen LogP contribution < -0.4 is 26.0 Å². The van der Waals surface area contributed by atoms with Crippen molar-refractivity contribution in [3.05, 3.63) is 59.2 Å². The number of ether oxygens (including phenoxy) is 8. The lowest BCUT2D eigenvalue weighted by Gasteiger charge is -2.39. The van der Waals surface area contributed by atoms with Crippen molar-refractivity contribution >= 4 is 17.6 Å². The Balaban J connectivity index is 1.50. The van der Waals surface area contributed by atoms with Gasteiger partial charge in [-0.1, -0.05) is 51.1 Å². The molecule has 4 N–H and O–H groups in total. The van der Waals surface area contributed by atoms with Crippen molar-refractivity contribution in [1.82, 2.24) is 10.6 Å². The molecule has 6 atom stereocenters. The number of hydrogen-bond donors (Lipinski definition) is 3. The average molecular weight is 773 g/mol. The second-order valence-electron chi connectivity index (χ2n) is 14.7. The van der Waals surface area contributed by atoms with Gasteiger partial charge >= 0.3 is 5.97 Å². The number of carbonyl (C=O) groups is 2. The predicted molar refractivity (Wildman–Crippen MR) is 209 cm³/mol. The number of piperidine rings is 1. The number of rotatable bonds is 24. The molecule has 0 radical (unpaired) electrons. The van der Waals surface area contributed by atoms with Gasteiger partial charge in [0.2, 0.25) is 5.91 Å². The van der Waals surface area contributed by atoms with Crippen molar-refractivity contribution in [3.8, 4) is 5.75 Å². The van der Waals surface area contributed by atoms with E-state index in [-0.39, 0.29) is 43.8 Å². The lowest BCUT2D eigenvalue weighted by molar-refractivity contribution is -0.163. The number of esters is 1. The minimum atomic E-state index is -0.851. The molecule has 1 amide bonds. The lowest BCUT2D eigenvalue weighted by Crippen LogP contribution is -2.52. The molecular weight excluding hydrogens is 708 g/mol. The zero-order valence-corrected chi connectivity index (χ0v) is 33.6.